The Hall–Kier alpha value is -3.33. The van der Waals surface area contributed by atoms with Crippen molar-refractivity contribution in [2.45, 2.75) is 26.3 Å². The van der Waals surface area contributed by atoms with Crippen molar-refractivity contribution in [3.63, 3.8) is 0 Å². The van der Waals surface area contributed by atoms with E-state index >= 15 is 0 Å². The normalized spacial score (nSPS) is 15.0. The largest absolute Gasteiger partial charge is 0.492 e. The molecule has 5 heterocycles. The third-order valence-electron chi connectivity index (χ3n) is 4.99. The number of methoxy groups -OCH3 is 1. The van der Waals surface area contributed by atoms with Crippen LogP contribution in [0.1, 0.15) is 34.5 Å². The predicted molar refractivity (Wildman–Crippen MR) is 108 cm³/mol. The van der Waals surface area contributed by atoms with Gasteiger partial charge in [-0.25, -0.2) is 4.98 Å². The number of nitrogens with zero attached hydrogens (tertiary/aromatic N) is 4. The van der Waals surface area contributed by atoms with Crippen molar-refractivity contribution in [1.29, 1.82) is 0 Å². The molecular formula is C21H22FN5O3. The molecule has 1 saturated heterocycles. The number of amides is 1. The number of fused-ring (bicyclic) bond motifs is 1. The molecule has 30 heavy (non-hydrogen) atoms. The molecule has 0 radical (unpaired) electrons. The SMILES string of the molecule is C1CCOC1.COc1cc(-c2cc(C)c3c(n2)CN(c2ccn[nH]2)C3=O)cnc1F. The maximum atomic E-state index is 13.5. The Morgan fingerprint density at radius 2 is 2.07 bits per heavy atom. The number of halogens is 1. The molecule has 0 atom stereocenters. The zero-order chi connectivity index (χ0) is 21.1. The molecule has 0 spiro atoms. The van der Waals surface area contributed by atoms with Gasteiger partial charge in [0, 0.05) is 31.0 Å². The van der Waals surface area contributed by atoms with Crippen molar-refractivity contribution in [1.82, 2.24) is 20.2 Å². The second-order valence-corrected chi connectivity index (χ2v) is 7.02. The summed E-state index contributed by atoms with van der Waals surface area (Å²) in [4.78, 5) is 22.5. The fraction of sp³-hybridized carbons (Fsp3) is 0.333. The number of aryl methyl sites for hydroxylation is 1. The summed E-state index contributed by atoms with van der Waals surface area (Å²) in [6.45, 7) is 4.20. The first-order chi connectivity index (χ1) is 14.6. The van der Waals surface area contributed by atoms with Gasteiger partial charge in [0.2, 0.25) is 0 Å². The molecule has 8 nitrogen and oxygen atoms in total. The van der Waals surface area contributed by atoms with Crippen molar-refractivity contribution in [2.75, 3.05) is 25.2 Å². The Balaban J connectivity index is 0.000000383. The standard InChI is InChI=1S/C17H14FN5O2.C4H8O/c1-9-5-11(10-6-13(25-2)16(18)19-7-10)21-12-8-23(17(24)15(9)12)14-3-4-20-22-14;1-2-4-5-3-1/h3-7H,8H2,1-2H3,(H,20,22);1-4H2. The van der Waals surface area contributed by atoms with Gasteiger partial charge in [0.1, 0.15) is 5.82 Å². The van der Waals surface area contributed by atoms with Crippen molar-refractivity contribution in [3.8, 4) is 17.0 Å². The molecule has 9 heteroatoms. The van der Waals surface area contributed by atoms with Gasteiger partial charge in [-0.2, -0.15) is 9.49 Å². The van der Waals surface area contributed by atoms with E-state index in [0.29, 0.717) is 34.9 Å². The molecule has 156 valence electrons. The maximum Gasteiger partial charge on any atom is 0.261 e. The molecule has 0 saturated carbocycles. The number of ether oxygens (including phenoxy) is 2. The van der Waals surface area contributed by atoms with Crippen LogP contribution < -0.4 is 9.64 Å². The molecule has 1 N–H and O–H groups in total. The van der Waals surface area contributed by atoms with Crippen molar-refractivity contribution in [3.05, 3.63) is 53.4 Å². The van der Waals surface area contributed by atoms with Crippen LogP contribution in [0.3, 0.4) is 0 Å². The van der Waals surface area contributed by atoms with E-state index < -0.39 is 5.95 Å². The Bertz CT molecular complexity index is 1040. The monoisotopic (exact) mass is 411 g/mol. The quantitative estimate of drug-likeness (QED) is 0.665. The molecule has 0 bridgehead atoms. The van der Waals surface area contributed by atoms with E-state index in [0.717, 1.165) is 18.8 Å². The number of carbonyl (C=O) groups excluding carboxylic acids is 1. The maximum absolute atomic E-state index is 13.5. The fourth-order valence-corrected chi connectivity index (χ4v) is 3.46. The van der Waals surface area contributed by atoms with E-state index in [1.165, 1.54) is 26.1 Å². The number of rotatable bonds is 3. The van der Waals surface area contributed by atoms with Crippen LogP contribution in [0, 0.1) is 12.9 Å². The van der Waals surface area contributed by atoms with E-state index in [4.69, 9.17) is 9.47 Å². The van der Waals surface area contributed by atoms with Gasteiger partial charge in [0.25, 0.3) is 11.9 Å². The molecule has 5 rings (SSSR count). The third kappa shape index (κ3) is 3.88. The average molecular weight is 411 g/mol. The highest BCUT2D eigenvalue weighted by Gasteiger charge is 2.32. The van der Waals surface area contributed by atoms with Crippen LogP contribution >= 0.6 is 0 Å². The van der Waals surface area contributed by atoms with Crippen molar-refractivity contribution < 1.29 is 18.7 Å². The number of carbonyl (C=O) groups is 1. The van der Waals surface area contributed by atoms with Crippen LogP contribution in [-0.2, 0) is 11.3 Å². The first kappa shape index (κ1) is 20.0. The van der Waals surface area contributed by atoms with E-state index in [1.54, 1.807) is 29.3 Å². The molecule has 1 fully saturated rings. The van der Waals surface area contributed by atoms with Gasteiger partial charge < -0.3 is 9.47 Å². The summed E-state index contributed by atoms with van der Waals surface area (Å²) in [6.07, 6.45) is 5.54. The summed E-state index contributed by atoms with van der Waals surface area (Å²) < 4.78 is 23.4. The highest BCUT2D eigenvalue weighted by Crippen LogP contribution is 2.31. The summed E-state index contributed by atoms with van der Waals surface area (Å²) >= 11 is 0. The Kier molecular flexibility index (Phi) is 5.71. The van der Waals surface area contributed by atoms with Crippen molar-refractivity contribution >= 4 is 11.7 Å². The first-order valence-corrected chi connectivity index (χ1v) is 9.68. The average Bonchev–Trinajstić information content (AvgIpc) is 3.51. The van der Waals surface area contributed by atoms with Crippen LogP contribution in [0.15, 0.2) is 30.6 Å². The van der Waals surface area contributed by atoms with Gasteiger partial charge in [-0.3, -0.25) is 19.8 Å². The smallest absolute Gasteiger partial charge is 0.261 e. The molecule has 0 unspecified atom stereocenters. The van der Waals surface area contributed by atoms with Crippen molar-refractivity contribution in [2.24, 2.45) is 0 Å². The van der Waals surface area contributed by atoms with Gasteiger partial charge in [0.15, 0.2) is 5.75 Å². The molecule has 3 aromatic heterocycles. The summed E-state index contributed by atoms with van der Waals surface area (Å²) in [5, 5.41) is 6.67. The molecule has 0 aromatic carbocycles. The topological polar surface area (TPSA) is 93.2 Å². The van der Waals surface area contributed by atoms with Gasteiger partial charge in [-0.15, -0.1) is 0 Å². The second-order valence-electron chi connectivity index (χ2n) is 7.02. The molecule has 0 aliphatic carbocycles. The van der Waals surface area contributed by atoms with Crippen LogP contribution in [0.2, 0.25) is 0 Å². The Labute approximate surface area is 173 Å². The van der Waals surface area contributed by atoms with E-state index in [9.17, 15) is 9.18 Å². The van der Waals surface area contributed by atoms with E-state index in [2.05, 4.69) is 20.2 Å². The lowest BCUT2D eigenvalue weighted by atomic mass is 10.1. The number of anilines is 1. The lowest BCUT2D eigenvalue weighted by Crippen LogP contribution is -2.23. The van der Waals surface area contributed by atoms with Gasteiger partial charge in [-0.1, -0.05) is 0 Å². The number of pyridine rings is 2. The summed E-state index contributed by atoms with van der Waals surface area (Å²) in [6, 6.07) is 5.07. The number of H-pyrrole nitrogens is 1. The number of aromatic nitrogens is 4. The number of hydrogen-bond acceptors (Lipinski definition) is 6. The lowest BCUT2D eigenvalue weighted by molar-refractivity contribution is 0.0995. The van der Waals surface area contributed by atoms with E-state index in [-0.39, 0.29) is 11.7 Å². The summed E-state index contributed by atoms with van der Waals surface area (Å²) in [7, 11) is 1.38. The highest BCUT2D eigenvalue weighted by atomic mass is 19.1. The lowest BCUT2D eigenvalue weighted by Gasteiger charge is -2.11. The predicted octanol–water partition coefficient (Wildman–Crippen LogP) is 3.28. The molecule has 2 aliphatic rings. The summed E-state index contributed by atoms with van der Waals surface area (Å²) in [5.41, 5.74) is 3.28. The third-order valence-corrected chi connectivity index (χ3v) is 4.99. The number of nitrogens with one attached hydrogen (secondary N) is 1. The van der Waals surface area contributed by atoms with Gasteiger partial charge >= 0.3 is 0 Å². The highest BCUT2D eigenvalue weighted by molar-refractivity contribution is 6.10. The van der Waals surface area contributed by atoms with E-state index in [1.807, 2.05) is 6.92 Å². The molecule has 3 aromatic rings. The minimum Gasteiger partial charge on any atom is -0.492 e. The summed E-state index contributed by atoms with van der Waals surface area (Å²) in [5.74, 6) is -0.128. The Morgan fingerprint density at radius 1 is 1.27 bits per heavy atom. The molecular weight excluding hydrogens is 389 g/mol. The zero-order valence-electron chi connectivity index (χ0n) is 16.8. The van der Waals surface area contributed by atoms with Crippen LogP contribution in [0.5, 0.6) is 5.75 Å². The number of hydrogen-bond donors (Lipinski definition) is 1. The Morgan fingerprint density at radius 3 is 2.70 bits per heavy atom. The van der Waals surface area contributed by atoms with Crippen LogP contribution in [0.4, 0.5) is 10.2 Å². The van der Waals surface area contributed by atoms with Gasteiger partial charge in [0.05, 0.1) is 36.8 Å². The number of aromatic amines is 1. The molecule has 1 amide bonds. The van der Waals surface area contributed by atoms with Crippen LogP contribution in [-0.4, -0.2) is 46.4 Å². The van der Waals surface area contributed by atoms with Crippen LogP contribution in [0.25, 0.3) is 11.3 Å². The minimum atomic E-state index is -0.676. The second kappa shape index (κ2) is 8.58. The van der Waals surface area contributed by atoms with Gasteiger partial charge in [-0.05, 0) is 37.5 Å². The zero-order valence-corrected chi connectivity index (χ0v) is 16.8. The minimum absolute atomic E-state index is 0.0487. The fourth-order valence-electron chi connectivity index (χ4n) is 3.46. The first-order valence-electron chi connectivity index (χ1n) is 9.68. The molecule has 2 aliphatic heterocycles.